The molecule has 0 radical (unpaired) electrons. The van der Waals surface area contributed by atoms with E-state index in [2.05, 4.69) is 4.74 Å². The lowest BCUT2D eigenvalue weighted by Gasteiger charge is -2.14. The van der Waals surface area contributed by atoms with Gasteiger partial charge < -0.3 is 14.9 Å². The lowest BCUT2D eigenvalue weighted by atomic mass is 9.98. The monoisotopic (exact) mass is 310 g/mol. The predicted molar refractivity (Wildman–Crippen MR) is 89.4 cm³/mol. The topological polar surface area (TPSA) is 66.8 Å². The van der Waals surface area contributed by atoms with Gasteiger partial charge in [0.05, 0.1) is 19.3 Å². The van der Waals surface area contributed by atoms with Crippen molar-refractivity contribution >= 4 is 5.97 Å². The molecule has 22 heavy (non-hydrogen) atoms. The summed E-state index contributed by atoms with van der Waals surface area (Å²) in [6.07, 6.45) is 8.37. The number of ether oxygens (including phenoxy) is 1. The largest absolute Gasteiger partial charge is 0.466 e. The van der Waals surface area contributed by atoms with Crippen molar-refractivity contribution in [3.05, 3.63) is 35.5 Å². The van der Waals surface area contributed by atoms with Gasteiger partial charge in [-0.05, 0) is 51.5 Å². The SMILES string of the molecule is COC(=O)C=CC(C)=CCC(O)C(C)=CCCC(C)C(C)O. The molecule has 0 saturated carbocycles. The average Bonchev–Trinajstić information content (AvgIpc) is 2.49. The lowest BCUT2D eigenvalue weighted by Crippen LogP contribution is -2.12. The van der Waals surface area contributed by atoms with Gasteiger partial charge in [0, 0.05) is 6.08 Å². The third kappa shape index (κ3) is 9.53. The molecule has 0 saturated heterocycles. The number of hydrogen-bond acceptors (Lipinski definition) is 4. The van der Waals surface area contributed by atoms with Crippen LogP contribution >= 0.6 is 0 Å². The molecule has 0 aromatic heterocycles. The van der Waals surface area contributed by atoms with Crippen LogP contribution in [-0.4, -0.2) is 35.5 Å². The Balaban J connectivity index is 4.31. The van der Waals surface area contributed by atoms with E-state index in [0.29, 0.717) is 6.42 Å². The van der Waals surface area contributed by atoms with Gasteiger partial charge in [0.2, 0.25) is 0 Å². The number of carbonyl (C=O) groups is 1. The van der Waals surface area contributed by atoms with Gasteiger partial charge in [-0.25, -0.2) is 4.79 Å². The van der Waals surface area contributed by atoms with Crippen LogP contribution in [0.3, 0.4) is 0 Å². The molecular formula is C18H30O4. The van der Waals surface area contributed by atoms with Crippen molar-refractivity contribution in [2.24, 2.45) is 5.92 Å². The number of aliphatic hydroxyl groups excluding tert-OH is 2. The van der Waals surface area contributed by atoms with Crippen molar-refractivity contribution in [2.75, 3.05) is 7.11 Å². The Labute approximate surface area is 134 Å². The Kier molecular flexibility index (Phi) is 10.5. The highest BCUT2D eigenvalue weighted by Crippen LogP contribution is 2.14. The Hall–Kier alpha value is -1.39. The van der Waals surface area contributed by atoms with Crippen molar-refractivity contribution in [3.8, 4) is 0 Å². The van der Waals surface area contributed by atoms with Crippen molar-refractivity contribution < 1.29 is 19.7 Å². The van der Waals surface area contributed by atoms with E-state index in [4.69, 9.17) is 0 Å². The molecule has 2 N–H and O–H groups in total. The number of aliphatic hydroxyl groups is 2. The Morgan fingerprint density at radius 2 is 1.77 bits per heavy atom. The minimum Gasteiger partial charge on any atom is -0.466 e. The third-order valence-electron chi connectivity index (χ3n) is 3.78. The Morgan fingerprint density at radius 1 is 1.14 bits per heavy atom. The van der Waals surface area contributed by atoms with Crippen molar-refractivity contribution in [2.45, 2.75) is 59.2 Å². The second kappa shape index (κ2) is 11.2. The van der Waals surface area contributed by atoms with Crippen LogP contribution in [0.2, 0.25) is 0 Å². The van der Waals surface area contributed by atoms with E-state index in [0.717, 1.165) is 24.0 Å². The minimum atomic E-state index is -0.525. The smallest absolute Gasteiger partial charge is 0.330 e. The third-order valence-corrected chi connectivity index (χ3v) is 3.78. The van der Waals surface area contributed by atoms with Gasteiger partial charge >= 0.3 is 5.97 Å². The Bertz CT molecular complexity index is 419. The zero-order valence-electron chi connectivity index (χ0n) is 14.4. The maximum Gasteiger partial charge on any atom is 0.330 e. The molecule has 0 bridgehead atoms. The summed E-state index contributed by atoms with van der Waals surface area (Å²) < 4.78 is 4.52. The minimum absolute atomic E-state index is 0.256. The second-order valence-electron chi connectivity index (χ2n) is 5.80. The highest BCUT2D eigenvalue weighted by atomic mass is 16.5. The van der Waals surface area contributed by atoms with Crippen LogP contribution < -0.4 is 0 Å². The van der Waals surface area contributed by atoms with Crippen LogP contribution in [0, 0.1) is 5.92 Å². The normalized spacial score (nSPS) is 17.4. The highest BCUT2D eigenvalue weighted by Gasteiger charge is 2.08. The van der Waals surface area contributed by atoms with E-state index < -0.39 is 12.1 Å². The van der Waals surface area contributed by atoms with Crippen molar-refractivity contribution in [1.82, 2.24) is 0 Å². The fraction of sp³-hybridized carbons (Fsp3) is 0.611. The lowest BCUT2D eigenvalue weighted by molar-refractivity contribution is -0.134. The number of methoxy groups -OCH3 is 1. The first-order valence-corrected chi connectivity index (χ1v) is 7.73. The summed E-state index contributed by atoms with van der Waals surface area (Å²) in [7, 11) is 1.34. The van der Waals surface area contributed by atoms with E-state index in [1.54, 1.807) is 13.0 Å². The molecule has 0 spiro atoms. The number of esters is 1. The average molecular weight is 310 g/mol. The summed E-state index contributed by atoms with van der Waals surface area (Å²) in [6, 6.07) is 0. The van der Waals surface area contributed by atoms with Crippen LogP contribution in [0.15, 0.2) is 35.5 Å². The molecular weight excluding hydrogens is 280 g/mol. The van der Waals surface area contributed by atoms with Crippen molar-refractivity contribution in [3.63, 3.8) is 0 Å². The number of carbonyl (C=O) groups excluding carboxylic acids is 1. The first-order valence-electron chi connectivity index (χ1n) is 7.73. The molecule has 0 aliphatic rings. The molecule has 0 aliphatic carbocycles. The summed E-state index contributed by atoms with van der Waals surface area (Å²) in [5.41, 5.74) is 1.83. The number of hydrogen-bond donors (Lipinski definition) is 2. The van der Waals surface area contributed by atoms with Gasteiger partial charge in [0.1, 0.15) is 0 Å². The fourth-order valence-corrected chi connectivity index (χ4v) is 1.77. The van der Waals surface area contributed by atoms with E-state index >= 15 is 0 Å². The van der Waals surface area contributed by atoms with E-state index in [1.807, 2.05) is 32.9 Å². The molecule has 0 aromatic rings. The molecule has 0 aliphatic heterocycles. The summed E-state index contributed by atoms with van der Waals surface area (Å²) in [6.45, 7) is 7.59. The van der Waals surface area contributed by atoms with Gasteiger partial charge in [-0.2, -0.15) is 0 Å². The van der Waals surface area contributed by atoms with Crippen LogP contribution in [0.4, 0.5) is 0 Å². The zero-order chi connectivity index (χ0) is 17.1. The van der Waals surface area contributed by atoms with E-state index in [-0.39, 0.29) is 12.0 Å². The van der Waals surface area contributed by atoms with Gasteiger partial charge in [0.25, 0.3) is 0 Å². The number of allylic oxidation sites excluding steroid dienone is 3. The molecule has 0 rings (SSSR count). The molecule has 0 heterocycles. The van der Waals surface area contributed by atoms with E-state index in [9.17, 15) is 15.0 Å². The Morgan fingerprint density at radius 3 is 2.32 bits per heavy atom. The summed E-state index contributed by atoms with van der Waals surface area (Å²) in [4.78, 5) is 11.0. The first kappa shape index (κ1) is 20.6. The summed E-state index contributed by atoms with van der Waals surface area (Å²) >= 11 is 0. The zero-order valence-corrected chi connectivity index (χ0v) is 14.4. The fourth-order valence-electron chi connectivity index (χ4n) is 1.77. The van der Waals surface area contributed by atoms with Gasteiger partial charge in [-0.15, -0.1) is 0 Å². The standard InChI is InChI=1S/C18H30O4/c1-13(10-12-18(21)22-5)9-11-17(20)15(3)8-6-7-14(2)16(4)19/h8-10,12,14,16-17,19-20H,6-7,11H2,1-5H3. The van der Waals surface area contributed by atoms with Crippen LogP contribution in [0.25, 0.3) is 0 Å². The van der Waals surface area contributed by atoms with E-state index in [1.165, 1.54) is 13.2 Å². The molecule has 3 unspecified atom stereocenters. The van der Waals surface area contributed by atoms with Gasteiger partial charge in [0.15, 0.2) is 0 Å². The van der Waals surface area contributed by atoms with Crippen LogP contribution in [0.5, 0.6) is 0 Å². The summed E-state index contributed by atoms with van der Waals surface area (Å²) in [5, 5.41) is 19.5. The van der Waals surface area contributed by atoms with Crippen LogP contribution in [-0.2, 0) is 9.53 Å². The van der Waals surface area contributed by atoms with Crippen LogP contribution in [0.1, 0.15) is 47.0 Å². The quantitative estimate of drug-likeness (QED) is 0.297. The molecule has 4 nitrogen and oxygen atoms in total. The molecule has 4 heteroatoms. The van der Waals surface area contributed by atoms with Crippen molar-refractivity contribution in [1.29, 1.82) is 0 Å². The highest BCUT2D eigenvalue weighted by molar-refractivity contribution is 5.82. The molecule has 126 valence electrons. The second-order valence-corrected chi connectivity index (χ2v) is 5.80. The molecule has 0 aromatic carbocycles. The first-order chi connectivity index (χ1) is 10.3. The maximum absolute atomic E-state index is 11.0. The molecule has 3 atom stereocenters. The van der Waals surface area contributed by atoms with Gasteiger partial charge in [-0.3, -0.25) is 0 Å². The molecule has 0 fully saturated rings. The number of rotatable bonds is 9. The predicted octanol–water partition coefficient (Wildman–Crippen LogP) is 3.16. The maximum atomic E-state index is 11.0. The van der Waals surface area contributed by atoms with Gasteiger partial charge in [-0.1, -0.05) is 30.7 Å². The summed E-state index contributed by atoms with van der Waals surface area (Å²) in [5.74, 6) is -0.136. The molecule has 0 amide bonds.